The quantitative estimate of drug-likeness (QED) is 0.379. The smallest absolute Gasteiger partial charge is 0.137 e. The van der Waals surface area contributed by atoms with Gasteiger partial charge < -0.3 is 18.6 Å². The average molecular weight is 395 g/mol. The predicted octanol–water partition coefficient (Wildman–Crippen LogP) is 6.30. The first kappa shape index (κ1) is 20.8. The largest absolute Gasteiger partial charge is 0.496 e. The lowest BCUT2D eigenvalue weighted by atomic mass is 10.0. The molecule has 0 fully saturated rings. The second-order valence-corrected chi connectivity index (χ2v) is 7.08. The van der Waals surface area contributed by atoms with E-state index in [0.717, 1.165) is 47.0 Å². The van der Waals surface area contributed by atoms with Crippen molar-refractivity contribution in [1.29, 1.82) is 0 Å². The fraction of sp³-hybridized carbons (Fsp3) is 0.360. The van der Waals surface area contributed by atoms with Gasteiger partial charge in [-0.2, -0.15) is 0 Å². The number of hydrogen-bond acceptors (Lipinski definition) is 4. The van der Waals surface area contributed by atoms with Gasteiger partial charge in [-0.05, 0) is 24.5 Å². The minimum absolute atomic E-state index is 0.587. The fourth-order valence-electron chi connectivity index (χ4n) is 3.58. The van der Waals surface area contributed by atoms with Gasteiger partial charge in [-0.3, -0.25) is 0 Å². The van der Waals surface area contributed by atoms with Crippen LogP contribution < -0.4 is 14.2 Å². The third kappa shape index (κ3) is 4.94. The van der Waals surface area contributed by atoms with Crippen LogP contribution in [0.15, 0.2) is 52.9 Å². The van der Waals surface area contributed by atoms with E-state index in [4.69, 9.17) is 18.6 Å². The molecule has 3 aromatic rings. The molecule has 1 heterocycles. The van der Waals surface area contributed by atoms with E-state index in [1.165, 1.54) is 18.4 Å². The van der Waals surface area contributed by atoms with Gasteiger partial charge in [-0.15, -0.1) is 0 Å². The number of aryl methyl sites for hydroxylation is 1. The number of methoxy groups -OCH3 is 3. The number of benzene rings is 2. The van der Waals surface area contributed by atoms with Crippen LogP contribution in [0.25, 0.3) is 11.3 Å². The third-order valence-electron chi connectivity index (χ3n) is 5.11. The van der Waals surface area contributed by atoms with Crippen molar-refractivity contribution in [3.05, 3.63) is 65.4 Å². The molecule has 0 spiro atoms. The normalized spacial score (nSPS) is 10.8. The lowest BCUT2D eigenvalue weighted by Gasteiger charge is -2.14. The molecule has 1 aromatic heterocycles. The minimum atomic E-state index is 0.587. The molecular weight excluding hydrogens is 364 g/mol. The highest BCUT2D eigenvalue weighted by atomic mass is 16.5. The number of unbranched alkanes of at least 4 members (excludes halogenated alkanes) is 2. The SMILES string of the molecule is CCCCCc1cc(Cc2c(OC)cc(OC)cc2OC)oc1-c1ccccc1. The van der Waals surface area contributed by atoms with Crippen LogP contribution in [0, 0.1) is 0 Å². The summed E-state index contributed by atoms with van der Waals surface area (Å²) in [5, 5.41) is 0. The molecule has 2 aromatic carbocycles. The van der Waals surface area contributed by atoms with Gasteiger partial charge >= 0.3 is 0 Å². The lowest BCUT2D eigenvalue weighted by molar-refractivity contribution is 0.368. The summed E-state index contributed by atoms with van der Waals surface area (Å²) < 4.78 is 22.9. The molecule has 29 heavy (non-hydrogen) atoms. The highest BCUT2D eigenvalue weighted by molar-refractivity contribution is 5.62. The van der Waals surface area contributed by atoms with E-state index in [1.54, 1.807) is 21.3 Å². The van der Waals surface area contributed by atoms with Gasteiger partial charge in [0.15, 0.2) is 0 Å². The molecule has 0 aliphatic rings. The zero-order valence-corrected chi connectivity index (χ0v) is 17.8. The number of furan rings is 1. The summed E-state index contributed by atoms with van der Waals surface area (Å²) >= 11 is 0. The molecule has 4 heteroatoms. The Morgan fingerprint density at radius 2 is 1.52 bits per heavy atom. The van der Waals surface area contributed by atoms with Crippen LogP contribution in [-0.4, -0.2) is 21.3 Å². The molecule has 3 rings (SSSR count). The van der Waals surface area contributed by atoms with Gasteiger partial charge in [0.2, 0.25) is 0 Å². The van der Waals surface area contributed by atoms with Gasteiger partial charge in [0.05, 0.1) is 21.3 Å². The third-order valence-corrected chi connectivity index (χ3v) is 5.11. The highest BCUT2D eigenvalue weighted by Crippen LogP contribution is 2.37. The first-order valence-electron chi connectivity index (χ1n) is 10.2. The maximum Gasteiger partial charge on any atom is 0.137 e. The molecule has 0 atom stereocenters. The Morgan fingerprint density at radius 1 is 0.828 bits per heavy atom. The minimum Gasteiger partial charge on any atom is -0.496 e. The van der Waals surface area contributed by atoms with E-state index >= 15 is 0 Å². The predicted molar refractivity (Wildman–Crippen MR) is 116 cm³/mol. The summed E-state index contributed by atoms with van der Waals surface area (Å²) in [4.78, 5) is 0. The summed E-state index contributed by atoms with van der Waals surface area (Å²) in [6.45, 7) is 2.22. The van der Waals surface area contributed by atoms with Crippen LogP contribution in [0.1, 0.15) is 43.1 Å². The topological polar surface area (TPSA) is 40.8 Å². The van der Waals surface area contributed by atoms with Gasteiger partial charge in [0.25, 0.3) is 0 Å². The first-order valence-corrected chi connectivity index (χ1v) is 10.2. The molecule has 0 N–H and O–H groups in total. The second kappa shape index (κ2) is 10.1. The average Bonchev–Trinajstić information content (AvgIpc) is 3.17. The van der Waals surface area contributed by atoms with Crippen molar-refractivity contribution in [2.75, 3.05) is 21.3 Å². The molecule has 0 bridgehead atoms. The molecule has 0 unspecified atom stereocenters. The fourth-order valence-corrected chi connectivity index (χ4v) is 3.58. The van der Waals surface area contributed by atoms with E-state index in [9.17, 15) is 0 Å². The molecule has 4 nitrogen and oxygen atoms in total. The maximum atomic E-state index is 6.35. The summed E-state index contributed by atoms with van der Waals surface area (Å²) in [5.74, 6) is 4.02. The Hall–Kier alpha value is -2.88. The maximum absolute atomic E-state index is 6.35. The van der Waals surface area contributed by atoms with Crippen LogP contribution in [0.4, 0.5) is 0 Å². The Balaban J connectivity index is 1.97. The standard InChI is InChI=1S/C25H30O4/c1-5-6-8-13-19-14-21(29-25(19)18-11-9-7-10-12-18)15-22-23(27-3)16-20(26-2)17-24(22)28-4/h7,9-12,14,16-17H,5-6,8,13,15H2,1-4H3. The summed E-state index contributed by atoms with van der Waals surface area (Å²) in [7, 11) is 4.95. The van der Waals surface area contributed by atoms with E-state index in [0.29, 0.717) is 12.2 Å². The first-order chi connectivity index (χ1) is 14.2. The second-order valence-electron chi connectivity index (χ2n) is 7.08. The van der Waals surface area contributed by atoms with Crippen molar-refractivity contribution in [3.63, 3.8) is 0 Å². The molecule has 0 aliphatic carbocycles. The van der Waals surface area contributed by atoms with E-state index in [-0.39, 0.29) is 0 Å². The zero-order chi connectivity index (χ0) is 20.6. The van der Waals surface area contributed by atoms with Crippen molar-refractivity contribution in [2.45, 2.75) is 39.0 Å². The van der Waals surface area contributed by atoms with Crippen LogP contribution in [0.3, 0.4) is 0 Å². The number of ether oxygens (including phenoxy) is 3. The summed E-state index contributed by atoms with van der Waals surface area (Å²) in [6.07, 6.45) is 5.17. The molecular formula is C25H30O4. The Kier molecular flexibility index (Phi) is 7.23. The molecule has 0 saturated carbocycles. The van der Waals surface area contributed by atoms with E-state index < -0.39 is 0 Å². The van der Waals surface area contributed by atoms with E-state index in [1.807, 2.05) is 30.3 Å². The molecule has 0 saturated heterocycles. The molecule has 0 radical (unpaired) electrons. The zero-order valence-electron chi connectivity index (χ0n) is 17.8. The Bertz CT molecular complexity index is 887. The van der Waals surface area contributed by atoms with Crippen molar-refractivity contribution in [1.82, 2.24) is 0 Å². The van der Waals surface area contributed by atoms with Gasteiger partial charge in [0.1, 0.15) is 28.8 Å². The van der Waals surface area contributed by atoms with Crippen molar-refractivity contribution in [2.24, 2.45) is 0 Å². The summed E-state index contributed by atoms with van der Waals surface area (Å²) in [5.41, 5.74) is 3.31. The Morgan fingerprint density at radius 3 is 2.10 bits per heavy atom. The van der Waals surface area contributed by atoms with Crippen molar-refractivity contribution < 1.29 is 18.6 Å². The number of rotatable bonds is 10. The van der Waals surface area contributed by atoms with Gasteiger partial charge in [0, 0.05) is 29.7 Å². The van der Waals surface area contributed by atoms with Crippen LogP contribution in [-0.2, 0) is 12.8 Å². The van der Waals surface area contributed by atoms with Gasteiger partial charge in [-0.25, -0.2) is 0 Å². The Labute approximate surface area is 173 Å². The van der Waals surface area contributed by atoms with Crippen molar-refractivity contribution in [3.8, 4) is 28.6 Å². The van der Waals surface area contributed by atoms with Crippen LogP contribution in [0.2, 0.25) is 0 Å². The van der Waals surface area contributed by atoms with Gasteiger partial charge in [-0.1, -0.05) is 50.1 Å². The monoisotopic (exact) mass is 394 g/mol. The highest BCUT2D eigenvalue weighted by Gasteiger charge is 2.18. The molecule has 0 amide bonds. The lowest BCUT2D eigenvalue weighted by Crippen LogP contribution is -1.99. The van der Waals surface area contributed by atoms with Crippen LogP contribution in [0.5, 0.6) is 17.2 Å². The molecule has 0 aliphatic heterocycles. The van der Waals surface area contributed by atoms with E-state index in [2.05, 4.69) is 25.1 Å². The van der Waals surface area contributed by atoms with Crippen molar-refractivity contribution >= 4 is 0 Å². The number of hydrogen-bond donors (Lipinski definition) is 0. The summed E-state index contributed by atoms with van der Waals surface area (Å²) in [6, 6.07) is 16.2. The molecule has 154 valence electrons. The van der Waals surface area contributed by atoms with Crippen LogP contribution >= 0.6 is 0 Å².